The molecule has 19 heavy (non-hydrogen) atoms. The van der Waals surface area contributed by atoms with Crippen molar-refractivity contribution in [2.75, 3.05) is 11.9 Å². The first-order valence-corrected chi connectivity index (χ1v) is 6.18. The fourth-order valence-electron chi connectivity index (χ4n) is 1.40. The van der Waals surface area contributed by atoms with Gasteiger partial charge >= 0.3 is 12.0 Å². The van der Waals surface area contributed by atoms with E-state index in [1.54, 1.807) is 0 Å². The van der Waals surface area contributed by atoms with Crippen LogP contribution in [0, 0.1) is 0 Å². The monoisotopic (exact) mass is 281 g/mol. The Morgan fingerprint density at radius 3 is 2.74 bits per heavy atom. The summed E-state index contributed by atoms with van der Waals surface area (Å²) in [7, 11) is 0. The summed E-state index contributed by atoms with van der Waals surface area (Å²) in [5.74, 6) is -1.30. The number of carbonyl (C=O) groups is 2. The maximum Gasteiger partial charge on any atom is 0.328 e. The summed E-state index contributed by atoms with van der Waals surface area (Å²) < 4.78 is 0.912. The SMILES string of the molecule is O=C(Nc1nc2ccccc2s1)N[C@@H](CO)C(=O)O. The van der Waals surface area contributed by atoms with E-state index in [0.29, 0.717) is 5.13 Å². The number of aliphatic hydroxyl groups is 1. The highest BCUT2D eigenvalue weighted by Crippen LogP contribution is 2.25. The molecule has 0 saturated carbocycles. The van der Waals surface area contributed by atoms with Crippen LogP contribution in [0.4, 0.5) is 9.93 Å². The Labute approximate surface area is 111 Å². The number of fused-ring (bicyclic) bond motifs is 1. The number of aliphatic hydroxyl groups excluding tert-OH is 1. The number of benzene rings is 1. The maximum absolute atomic E-state index is 11.5. The lowest BCUT2D eigenvalue weighted by Gasteiger charge is -2.11. The summed E-state index contributed by atoms with van der Waals surface area (Å²) in [5, 5.41) is 22.4. The molecule has 0 radical (unpaired) electrons. The third kappa shape index (κ3) is 3.18. The Balaban J connectivity index is 2.04. The Bertz CT molecular complexity index is 580. The molecule has 0 saturated heterocycles. The summed E-state index contributed by atoms with van der Waals surface area (Å²) in [6.45, 7) is -0.678. The largest absolute Gasteiger partial charge is 0.480 e. The van der Waals surface area contributed by atoms with Crippen LogP contribution >= 0.6 is 11.3 Å². The van der Waals surface area contributed by atoms with E-state index in [-0.39, 0.29) is 0 Å². The molecule has 2 aromatic rings. The lowest BCUT2D eigenvalue weighted by Crippen LogP contribution is -2.45. The van der Waals surface area contributed by atoms with E-state index in [0.717, 1.165) is 10.2 Å². The Morgan fingerprint density at radius 2 is 2.11 bits per heavy atom. The second-order valence-electron chi connectivity index (χ2n) is 3.66. The van der Waals surface area contributed by atoms with Crippen LogP contribution < -0.4 is 10.6 Å². The number of urea groups is 1. The number of nitrogens with one attached hydrogen (secondary N) is 2. The fourth-order valence-corrected chi connectivity index (χ4v) is 2.26. The quantitative estimate of drug-likeness (QED) is 0.664. The van der Waals surface area contributed by atoms with Crippen molar-refractivity contribution in [3.05, 3.63) is 24.3 Å². The first-order valence-electron chi connectivity index (χ1n) is 5.37. The zero-order valence-corrected chi connectivity index (χ0v) is 10.5. The standard InChI is InChI=1S/C11H11N3O4S/c15-5-7(9(16)17)12-10(18)14-11-13-6-3-1-2-4-8(6)19-11/h1-4,7,15H,5H2,(H,16,17)(H2,12,13,14,18)/t7-/m0/s1. The summed E-state index contributed by atoms with van der Waals surface area (Å²) >= 11 is 1.28. The topological polar surface area (TPSA) is 112 Å². The number of rotatable bonds is 4. The molecule has 0 aliphatic rings. The van der Waals surface area contributed by atoms with Crippen molar-refractivity contribution < 1.29 is 19.8 Å². The van der Waals surface area contributed by atoms with Gasteiger partial charge in [-0.05, 0) is 12.1 Å². The van der Waals surface area contributed by atoms with Gasteiger partial charge in [-0.25, -0.2) is 14.6 Å². The molecule has 1 atom stereocenters. The van der Waals surface area contributed by atoms with Crippen molar-refractivity contribution in [3.8, 4) is 0 Å². The molecule has 0 spiro atoms. The number of nitrogens with zero attached hydrogens (tertiary/aromatic N) is 1. The van der Waals surface area contributed by atoms with E-state index in [1.165, 1.54) is 11.3 Å². The first kappa shape index (κ1) is 13.2. The Hall–Kier alpha value is -2.19. The average Bonchev–Trinajstić information content (AvgIpc) is 2.77. The van der Waals surface area contributed by atoms with Gasteiger partial charge in [0.25, 0.3) is 0 Å². The van der Waals surface area contributed by atoms with Gasteiger partial charge in [-0.15, -0.1) is 0 Å². The number of amides is 2. The smallest absolute Gasteiger partial charge is 0.328 e. The number of para-hydroxylation sites is 1. The maximum atomic E-state index is 11.5. The lowest BCUT2D eigenvalue weighted by atomic mass is 10.3. The molecule has 2 rings (SSSR count). The van der Waals surface area contributed by atoms with Gasteiger partial charge in [0.15, 0.2) is 11.2 Å². The Morgan fingerprint density at radius 1 is 1.37 bits per heavy atom. The summed E-state index contributed by atoms with van der Waals surface area (Å²) in [6, 6.07) is 5.30. The van der Waals surface area contributed by atoms with Crippen LogP contribution in [0.1, 0.15) is 0 Å². The van der Waals surface area contributed by atoms with Crippen LogP contribution in [0.15, 0.2) is 24.3 Å². The zero-order chi connectivity index (χ0) is 13.8. The van der Waals surface area contributed by atoms with Crippen LogP contribution in [-0.2, 0) is 4.79 Å². The highest BCUT2D eigenvalue weighted by molar-refractivity contribution is 7.22. The molecule has 1 heterocycles. The third-order valence-corrected chi connectivity index (χ3v) is 3.25. The molecule has 100 valence electrons. The lowest BCUT2D eigenvalue weighted by molar-refractivity contribution is -0.140. The molecule has 0 aliphatic heterocycles. The second-order valence-corrected chi connectivity index (χ2v) is 4.69. The van der Waals surface area contributed by atoms with Crippen molar-refractivity contribution >= 4 is 38.7 Å². The predicted octanol–water partition coefficient (Wildman–Crippen LogP) is 0.863. The number of carbonyl (C=O) groups excluding carboxylic acids is 1. The molecular weight excluding hydrogens is 270 g/mol. The second kappa shape index (κ2) is 5.63. The number of carboxylic acid groups (broad SMARTS) is 1. The van der Waals surface area contributed by atoms with Crippen molar-refractivity contribution in [2.24, 2.45) is 0 Å². The van der Waals surface area contributed by atoms with Crippen LogP contribution in [0.3, 0.4) is 0 Å². The molecule has 0 unspecified atom stereocenters. The van der Waals surface area contributed by atoms with Crippen LogP contribution in [-0.4, -0.2) is 39.8 Å². The summed E-state index contributed by atoms with van der Waals surface area (Å²) in [6.07, 6.45) is 0. The third-order valence-electron chi connectivity index (χ3n) is 2.30. The average molecular weight is 281 g/mol. The number of thiazole rings is 1. The van der Waals surface area contributed by atoms with Crippen molar-refractivity contribution in [1.82, 2.24) is 10.3 Å². The molecule has 0 fully saturated rings. The molecule has 4 N–H and O–H groups in total. The van der Waals surface area contributed by atoms with Gasteiger partial charge in [0.05, 0.1) is 16.8 Å². The van der Waals surface area contributed by atoms with E-state index in [9.17, 15) is 9.59 Å². The van der Waals surface area contributed by atoms with Gasteiger partial charge in [-0.2, -0.15) is 0 Å². The number of hydrogen-bond donors (Lipinski definition) is 4. The summed E-state index contributed by atoms with van der Waals surface area (Å²) in [4.78, 5) is 26.3. The van der Waals surface area contributed by atoms with Crippen molar-refractivity contribution in [2.45, 2.75) is 6.04 Å². The molecule has 0 aliphatic carbocycles. The minimum Gasteiger partial charge on any atom is -0.480 e. The van der Waals surface area contributed by atoms with E-state index < -0.39 is 24.6 Å². The molecule has 7 nitrogen and oxygen atoms in total. The molecular formula is C11H11N3O4S. The van der Waals surface area contributed by atoms with Crippen molar-refractivity contribution in [3.63, 3.8) is 0 Å². The predicted molar refractivity (Wildman–Crippen MR) is 70.3 cm³/mol. The van der Waals surface area contributed by atoms with Gasteiger partial charge in [0.2, 0.25) is 0 Å². The van der Waals surface area contributed by atoms with Gasteiger partial charge in [-0.1, -0.05) is 23.5 Å². The zero-order valence-electron chi connectivity index (χ0n) is 9.66. The van der Waals surface area contributed by atoms with E-state index in [2.05, 4.69) is 15.6 Å². The van der Waals surface area contributed by atoms with E-state index in [4.69, 9.17) is 10.2 Å². The van der Waals surface area contributed by atoms with Crippen LogP contribution in [0.5, 0.6) is 0 Å². The van der Waals surface area contributed by atoms with Crippen molar-refractivity contribution in [1.29, 1.82) is 0 Å². The van der Waals surface area contributed by atoms with Gasteiger partial charge in [-0.3, -0.25) is 5.32 Å². The normalized spacial score (nSPS) is 12.1. The highest BCUT2D eigenvalue weighted by Gasteiger charge is 2.19. The summed E-state index contributed by atoms with van der Waals surface area (Å²) in [5.41, 5.74) is 0.750. The van der Waals surface area contributed by atoms with Crippen LogP contribution in [0.25, 0.3) is 10.2 Å². The van der Waals surface area contributed by atoms with Gasteiger partial charge in [0.1, 0.15) is 0 Å². The highest BCUT2D eigenvalue weighted by atomic mass is 32.1. The first-order chi connectivity index (χ1) is 9.10. The number of anilines is 1. The molecule has 8 heteroatoms. The molecule has 1 aromatic carbocycles. The van der Waals surface area contributed by atoms with E-state index in [1.807, 2.05) is 24.3 Å². The minimum absolute atomic E-state index is 0.362. The van der Waals surface area contributed by atoms with Gasteiger partial charge in [0, 0.05) is 0 Å². The molecule has 0 bridgehead atoms. The van der Waals surface area contributed by atoms with E-state index >= 15 is 0 Å². The number of hydrogen-bond acceptors (Lipinski definition) is 5. The molecule has 1 aromatic heterocycles. The van der Waals surface area contributed by atoms with Crippen LogP contribution in [0.2, 0.25) is 0 Å². The number of aliphatic carboxylic acids is 1. The fraction of sp³-hybridized carbons (Fsp3) is 0.182. The minimum atomic E-state index is -1.34. The number of aromatic nitrogens is 1. The molecule has 2 amide bonds. The van der Waals surface area contributed by atoms with Gasteiger partial charge < -0.3 is 15.5 Å². The number of carboxylic acids is 1. The Kier molecular flexibility index (Phi) is 3.93.